The maximum absolute atomic E-state index is 7.48. The molecule has 0 bridgehead atoms. The second kappa shape index (κ2) is 3.40. The lowest BCUT2D eigenvalue weighted by Gasteiger charge is -1.98. The van der Waals surface area contributed by atoms with E-state index in [4.69, 9.17) is 27.2 Å². The van der Waals surface area contributed by atoms with Crippen LogP contribution in [0.5, 0.6) is 0 Å². The smallest absolute Gasteiger partial charge is 0.181 e. The Bertz CT molecular complexity index is 311. The van der Waals surface area contributed by atoms with Gasteiger partial charge in [0.05, 0.1) is 11.2 Å². The van der Waals surface area contributed by atoms with Gasteiger partial charge in [-0.2, -0.15) is 0 Å². The third-order valence-corrected chi connectivity index (χ3v) is 1.73. The molecule has 0 radical (unpaired) electrons. The molecule has 1 rings (SSSR count). The van der Waals surface area contributed by atoms with Gasteiger partial charge in [0.25, 0.3) is 0 Å². The lowest BCUT2D eigenvalue weighted by atomic mass is 10.2. The highest BCUT2D eigenvalue weighted by atomic mass is 35.5. The van der Waals surface area contributed by atoms with E-state index < -0.39 is 0 Å². The third-order valence-electron chi connectivity index (χ3n) is 1.24. The van der Waals surface area contributed by atoms with E-state index in [1.54, 1.807) is 6.92 Å². The molecule has 0 saturated carbocycles. The monoisotopic (exact) mass is 185 g/mol. The van der Waals surface area contributed by atoms with Crippen LogP contribution in [-0.4, -0.2) is 10.7 Å². The van der Waals surface area contributed by atoms with Crippen molar-refractivity contribution in [1.29, 1.82) is 5.41 Å². The predicted molar refractivity (Wildman–Crippen MR) is 46.1 cm³/mol. The summed E-state index contributed by atoms with van der Waals surface area (Å²) in [5, 5.41) is 7.67. The summed E-state index contributed by atoms with van der Waals surface area (Å²) >= 11 is 5.70. The first-order valence-electron chi connectivity index (χ1n) is 3.22. The van der Waals surface area contributed by atoms with Gasteiger partial charge in [-0.1, -0.05) is 11.6 Å². The van der Waals surface area contributed by atoms with Crippen molar-refractivity contribution in [2.24, 2.45) is 5.73 Å². The van der Waals surface area contributed by atoms with Crippen molar-refractivity contribution in [2.45, 2.75) is 6.92 Å². The quantitative estimate of drug-likeness (QED) is 0.685. The number of nitrogens with zero attached hydrogens (tertiary/aromatic N) is 1. The second-order valence-corrected chi connectivity index (χ2v) is 2.62. The molecule has 0 saturated heterocycles. The molecule has 64 valence electrons. The van der Waals surface area contributed by atoms with Crippen LogP contribution in [0.3, 0.4) is 0 Å². The lowest BCUT2D eigenvalue weighted by Crippen LogP contribution is -2.04. The molecule has 0 atom stereocenters. The van der Waals surface area contributed by atoms with Gasteiger partial charge in [-0.15, -0.1) is 0 Å². The summed E-state index contributed by atoms with van der Waals surface area (Å²) in [4.78, 5) is 3.66. The Balaban J connectivity index is 2.95. The Labute approximate surface area is 74.5 Å². The van der Waals surface area contributed by atoms with Gasteiger partial charge >= 0.3 is 0 Å². The van der Waals surface area contributed by atoms with Crippen LogP contribution in [0.4, 0.5) is 0 Å². The van der Waals surface area contributed by atoms with Crippen LogP contribution in [-0.2, 0) is 0 Å². The van der Waals surface area contributed by atoms with E-state index in [0.29, 0.717) is 11.5 Å². The van der Waals surface area contributed by atoms with Crippen molar-refractivity contribution in [3.05, 3.63) is 29.1 Å². The molecule has 0 fully saturated rings. The molecule has 1 aromatic rings. The van der Waals surface area contributed by atoms with Gasteiger partial charge in [0.2, 0.25) is 0 Å². The summed E-state index contributed by atoms with van der Waals surface area (Å²) in [6.07, 6.45) is 2.65. The Hall–Kier alpha value is -1.29. The zero-order chi connectivity index (χ0) is 9.14. The zero-order valence-corrected chi connectivity index (χ0v) is 7.22. The summed E-state index contributed by atoms with van der Waals surface area (Å²) < 4.78 is 4.86. The number of oxazole rings is 1. The van der Waals surface area contributed by atoms with Crippen molar-refractivity contribution >= 4 is 17.3 Å². The molecule has 0 aromatic carbocycles. The molecule has 0 aliphatic heterocycles. The fourth-order valence-corrected chi connectivity index (χ4v) is 0.738. The number of hydrogen-bond donors (Lipinski definition) is 2. The summed E-state index contributed by atoms with van der Waals surface area (Å²) in [5.74, 6) is 0.310. The molecule has 4 nitrogen and oxygen atoms in total. The second-order valence-electron chi connectivity index (χ2n) is 2.24. The van der Waals surface area contributed by atoms with Gasteiger partial charge in [-0.3, -0.25) is 5.41 Å². The van der Waals surface area contributed by atoms with E-state index in [1.807, 2.05) is 0 Å². The number of hydrogen-bond acceptors (Lipinski definition) is 4. The van der Waals surface area contributed by atoms with E-state index in [1.165, 1.54) is 12.6 Å². The molecule has 0 unspecified atom stereocenters. The normalized spacial score (nSPS) is 12.5. The van der Waals surface area contributed by atoms with Crippen molar-refractivity contribution in [2.75, 3.05) is 0 Å². The van der Waals surface area contributed by atoms with Crippen molar-refractivity contribution < 1.29 is 4.42 Å². The summed E-state index contributed by atoms with van der Waals surface area (Å²) in [6, 6.07) is 0. The highest BCUT2D eigenvalue weighted by Gasteiger charge is 2.10. The Morgan fingerprint density at radius 1 is 1.75 bits per heavy atom. The van der Waals surface area contributed by atoms with Gasteiger partial charge in [0.1, 0.15) is 5.71 Å². The minimum Gasteiger partial charge on any atom is -0.442 e. The fraction of sp³-hybridized carbons (Fsp3) is 0.143. The summed E-state index contributed by atoms with van der Waals surface area (Å²) in [6.45, 7) is 1.62. The minimum atomic E-state index is 0.0502. The van der Waals surface area contributed by atoms with E-state index in [-0.39, 0.29) is 10.7 Å². The standard InChI is InChI=1S/C7H8ClN3O/c1-4(9)6(8)7(10)5-2-11-3-12-5/h2-3,10H,9H2,1H3/b6-4+,10-7?. The highest BCUT2D eigenvalue weighted by molar-refractivity contribution is 6.45. The van der Waals surface area contributed by atoms with Crippen LogP contribution in [0.15, 0.2) is 27.7 Å². The molecule has 12 heavy (non-hydrogen) atoms. The predicted octanol–water partition coefficient (Wildman–Crippen LogP) is 1.47. The Kier molecular flexibility index (Phi) is 2.50. The topological polar surface area (TPSA) is 75.9 Å². The SMILES string of the molecule is C/C(N)=C(\Cl)C(=N)c1cnco1. The van der Waals surface area contributed by atoms with Crippen LogP contribution in [0, 0.1) is 5.41 Å². The molecule has 3 N–H and O–H groups in total. The number of nitrogens with two attached hydrogens (primary N) is 1. The van der Waals surface area contributed by atoms with E-state index in [9.17, 15) is 0 Å². The molecule has 0 aliphatic rings. The van der Waals surface area contributed by atoms with Crippen molar-refractivity contribution in [3.63, 3.8) is 0 Å². The van der Waals surface area contributed by atoms with E-state index >= 15 is 0 Å². The maximum Gasteiger partial charge on any atom is 0.181 e. The summed E-state index contributed by atoms with van der Waals surface area (Å²) in [7, 11) is 0. The number of rotatable bonds is 2. The van der Waals surface area contributed by atoms with Crippen molar-refractivity contribution in [1.82, 2.24) is 4.98 Å². The fourth-order valence-electron chi connectivity index (χ4n) is 0.645. The summed E-state index contributed by atoms with van der Waals surface area (Å²) in [5.41, 5.74) is 5.82. The molecule has 0 amide bonds. The van der Waals surface area contributed by atoms with Gasteiger partial charge in [-0.05, 0) is 6.92 Å². The van der Waals surface area contributed by atoms with Gasteiger partial charge < -0.3 is 10.2 Å². The van der Waals surface area contributed by atoms with Crippen LogP contribution in [0.1, 0.15) is 12.7 Å². The maximum atomic E-state index is 7.48. The van der Waals surface area contributed by atoms with Crippen molar-refractivity contribution in [3.8, 4) is 0 Å². The molecule has 0 aliphatic carbocycles. The first-order valence-corrected chi connectivity index (χ1v) is 3.60. The third kappa shape index (κ3) is 1.65. The molecular formula is C7H8ClN3O. The van der Waals surface area contributed by atoms with Crippen LogP contribution >= 0.6 is 11.6 Å². The van der Waals surface area contributed by atoms with Gasteiger partial charge in [-0.25, -0.2) is 4.98 Å². The molecule has 1 heterocycles. The minimum absolute atomic E-state index is 0.0502. The number of aromatic nitrogens is 1. The average molecular weight is 186 g/mol. The van der Waals surface area contributed by atoms with Gasteiger partial charge in [0, 0.05) is 5.70 Å². The van der Waals surface area contributed by atoms with E-state index in [0.717, 1.165) is 0 Å². The Morgan fingerprint density at radius 2 is 2.42 bits per heavy atom. The van der Waals surface area contributed by atoms with Gasteiger partial charge in [0.15, 0.2) is 12.2 Å². The first kappa shape index (κ1) is 8.80. The molecule has 0 spiro atoms. The largest absolute Gasteiger partial charge is 0.442 e. The lowest BCUT2D eigenvalue weighted by molar-refractivity contribution is 0.548. The van der Waals surface area contributed by atoms with Crippen LogP contribution in [0.25, 0.3) is 0 Å². The van der Waals surface area contributed by atoms with Crippen LogP contribution < -0.4 is 5.73 Å². The highest BCUT2D eigenvalue weighted by Crippen LogP contribution is 2.12. The average Bonchev–Trinajstić information content (AvgIpc) is 2.53. The number of nitrogens with one attached hydrogen (secondary N) is 1. The Morgan fingerprint density at radius 3 is 2.83 bits per heavy atom. The van der Waals surface area contributed by atoms with E-state index in [2.05, 4.69) is 4.98 Å². The zero-order valence-electron chi connectivity index (χ0n) is 6.47. The van der Waals surface area contributed by atoms with Crippen LogP contribution in [0.2, 0.25) is 0 Å². The molecule has 5 heteroatoms. The number of halogens is 1. The number of allylic oxidation sites excluding steroid dienone is 2. The molecular weight excluding hydrogens is 178 g/mol. The molecule has 1 aromatic heterocycles. The first-order chi connectivity index (χ1) is 5.63.